The molecule has 5 aromatic rings. The Morgan fingerprint density at radius 1 is 0.268 bits per heavy atom. The predicted octanol–water partition coefficient (Wildman–Crippen LogP) is 6.84. The fourth-order valence-corrected chi connectivity index (χ4v) is 5.07. The molecule has 1 radical (unpaired) electrons. The monoisotopic (exact) mass is 796 g/mol. The summed E-state index contributed by atoms with van der Waals surface area (Å²) >= 11 is 0. The summed E-state index contributed by atoms with van der Waals surface area (Å²) in [6.45, 7) is 8.56. The quantitative estimate of drug-likeness (QED) is 0.115. The minimum atomic E-state index is -0.435. The van der Waals surface area contributed by atoms with Gasteiger partial charge in [0.25, 0.3) is 0 Å². The van der Waals surface area contributed by atoms with E-state index in [0.717, 1.165) is 64.2 Å². The topological polar surface area (TPSA) is 115 Å². The molecule has 0 aliphatic rings. The summed E-state index contributed by atoms with van der Waals surface area (Å²) in [6, 6.07) is 50.6. The van der Waals surface area contributed by atoms with E-state index in [1.807, 2.05) is 91.0 Å². The van der Waals surface area contributed by atoms with Crippen molar-refractivity contribution in [1.29, 1.82) is 0 Å². The first-order chi connectivity index (χ1) is 26.4. The molecule has 5 aromatic carbocycles. The molecule has 0 spiro atoms. The van der Waals surface area contributed by atoms with Crippen molar-refractivity contribution < 1.29 is 44.1 Å². The van der Waals surface area contributed by atoms with Crippen LogP contribution >= 0.6 is 0 Å². The molecule has 0 aliphatic heterocycles. The number of benzene rings is 5. The first-order valence-electron chi connectivity index (χ1n) is 19.9. The van der Waals surface area contributed by atoms with Crippen molar-refractivity contribution in [3.05, 3.63) is 179 Å². The Hall–Kier alpha value is -3.52. The Morgan fingerprint density at radius 3 is 0.500 bits per heavy atom. The standard InChI is InChI=1S/5C10H13O.V/c5*1-9(11)7-8-10-5-3-2-4-6-10;/h5*2-6,9H,7-8H2,1H3;/q5*-1;. The Bertz CT molecular complexity index is 1240. The Morgan fingerprint density at radius 2 is 0.393 bits per heavy atom. The van der Waals surface area contributed by atoms with Crippen molar-refractivity contribution in [3.63, 3.8) is 0 Å². The molecule has 305 valence electrons. The molecular weight excluding hydrogens is 731 g/mol. The maximum atomic E-state index is 10.7. The number of rotatable bonds is 15. The van der Waals surface area contributed by atoms with Crippen LogP contribution in [-0.2, 0) is 50.7 Å². The predicted molar refractivity (Wildman–Crippen MR) is 221 cm³/mol. The van der Waals surface area contributed by atoms with Crippen LogP contribution in [0, 0.1) is 0 Å². The summed E-state index contributed by atoms with van der Waals surface area (Å²) in [7, 11) is 0. The van der Waals surface area contributed by atoms with Crippen molar-refractivity contribution in [2.75, 3.05) is 0 Å². The molecule has 0 N–H and O–H groups in total. The summed E-state index contributed by atoms with van der Waals surface area (Å²) in [5.74, 6) is 0. The van der Waals surface area contributed by atoms with Crippen LogP contribution in [0.1, 0.15) is 94.5 Å². The zero-order valence-corrected chi connectivity index (χ0v) is 35.8. The van der Waals surface area contributed by atoms with Crippen LogP contribution in [0.5, 0.6) is 0 Å². The van der Waals surface area contributed by atoms with Crippen molar-refractivity contribution in [2.45, 2.75) is 129 Å². The maximum absolute atomic E-state index is 10.7. The molecule has 0 saturated carbocycles. The molecule has 5 rings (SSSR count). The molecule has 0 heterocycles. The van der Waals surface area contributed by atoms with E-state index >= 15 is 0 Å². The van der Waals surface area contributed by atoms with Gasteiger partial charge in [0.2, 0.25) is 0 Å². The average molecular weight is 797 g/mol. The molecule has 6 heteroatoms. The minimum Gasteiger partial charge on any atom is -0.852 e. The smallest absolute Gasteiger partial charge is 0 e. The third-order valence-corrected chi connectivity index (χ3v) is 8.41. The molecule has 0 aliphatic carbocycles. The van der Waals surface area contributed by atoms with E-state index in [1.54, 1.807) is 34.6 Å². The first kappa shape index (κ1) is 52.5. The van der Waals surface area contributed by atoms with Crippen LogP contribution < -0.4 is 25.5 Å². The zero-order valence-electron chi connectivity index (χ0n) is 34.4. The van der Waals surface area contributed by atoms with Crippen LogP contribution in [0.4, 0.5) is 0 Å². The Balaban J connectivity index is 0.000000672. The van der Waals surface area contributed by atoms with Gasteiger partial charge in [0, 0.05) is 18.6 Å². The summed E-state index contributed by atoms with van der Waals surface area (Å²) in [5, 5.41) is 53.5. The summed E-state index contributed by atoms with van der Waals surface area (Å²) in [4.78, 5) is 0. The largest absolute Gasteiger partial charge is 0.852 e. The summed E-state index contributed by atoms with van der Waals surface area (Å²) in [6.07, 6.45) is 6.07. The normalized spacial score (nSPS) is 12.7. The van der Waals surface area contributed by atoms with Crippen molar-refractivity contribution in [3.8, 4) is 0 Å². The number of hydrogen-bond donors (Lipinski definition) is 0. The van der Waals surface area contributed by atoms with E-state index in [9.17, 15) is 25.5 Å². The van der Waals surface area contributed by atoms with E-state index in [1.165, 1.54) is 27.8 Å². The van der Waals surface area contributed by atoms with E-state index in [2.05, 4.69) is 60.7 Å². The molecule has 56 heavy (non-hydrogen) atoms. The second-order valence-corrected chi connectivity index (χ2v) is 14.2. The fraction of sp³-hybridized carbons (Fsp3) is 0.400. The van der Waals surface area contributed by atoms with Crippen molar-refractivity contribution in [2.24, 2.45) is 0 Å². The van der Waals surface area contributed by atoms with Gasteiger partial charge in [-0.05, 0) is 59.9 Å². The van der Waals surface area contributed by atoms with Gasteiger partial charge < -0.3 is 25.5 Å². The van der Waals surface area contributed by atoms with Gasteiger partial charge in [0.05, 0.1) is 0 Å². The number of aryl methyl sites for hydroxylation is 5. The van der Waals surface area contributed by atoms with Gasteiger partial charge in [-0.3, -0.25) is 0 Å². The van der Waals surface area contributed by atoms with Gasteiger partial charge in [-0.1, -0.05) is 218 Å². The molecule has 0 fully saturated rings. The van der Waals surface area contributed by atoms with Crippen molar-refractivity contribution >= 4 is 0 Å². The van der Waals surface area contributed by atoms with E-state index in [-0.39, 0.29) is 18.6 Å². The second-order valence-electron chi connectivity index (χ2n) is 14.2. The van der Waals surface area contributed by atoms with Crippen LogP contribution in [0.25, 0.3) is 0 Å². The minimum absolute atomic E-state index is 0. The van der Waals surface area contributed by atoms with Crippen LogP contribution in [0.2, 0.25) is 0 Å². The third-order valence-electron chi connectivity index (χ3n) is 8.41. The van der Waals surface area contributed by atoms with E-state index in [0.29, 0.717) is 0 Å². The van der Waals surface area contributed by atoms with Crippen molar-refractivity contribution in [1.82, 2.24) is 0 Å². The second kappa shape index (κ2) is 34.7. The Labute approximate surface area is 351 Å². The Kier molecular flexibility index (Phi) is 32.5. The molecular formula is C50H65O5V-5. The first-order valence-corrected chi connectivity index (χ1v) is 19.9. The van der Waals surface area contributed by atoms with E-state index in [4.69, 9.17) is 0 Å². The molecule has 0 aromatic heterocycles. The van der Waals surface area contributed by atoms with Gasteiger partial charge in [-0.25, -0.2) is 0 Å². The van der Waals surface area contributed by atoms with Gasteiger partial charge in [0.1, 0.15) is 0 Å². The average Bonchev–Trinajstić information content (AvgIpc) is 3.20. The van der Waals surface area contributed by atoms with Crippen LogP contribution in [-0.4, -0.2) is 30.5 Å². The van der Waals surface area contributed by atoms with Gasteiger partial charge in [-0.2, -0.15) is 0 Å². The van der Waals surface area contributed by atoms with Crippen LogP contribution in [0.3, 0.4) is 0 Å². The molecule has 0 bridgehead atoms. The summed E-state index contributed by atoms with van der Waals surface area (Å²) in [5.41, 5.74) is 6.30. The van der Waals surface area contributed by atoms with Gasteiger partial charge >= 0.3 is 0 Å². The van der Waals surface area contributed by atoms with Crippen LogP contribution in [0.15, 0.2) is 152 Å². The molecule has 5 nitrogen and oxygen atoms in total. The third kappa shape index (κ3) is 32.7. The summed E-state index contributed by atoms with van der Waals surface area (Å²) < 4.78 is 0. The number of hydrogen-bond acceptors (Lipinski definition) is 5. The maximum Gasteiger partial charge on any atom is 0 e. The molecule has 5 unspecified atom stereocenters. The molecule has 5 atom stereocenters. The van der Waals surface area contributed by atoms with Gasteiger partial charge in [-0.15, -0.1) is 30.5 Å². The fourth-order valence-electron chi connectivity index (χ4n) is 5.07. The SMILES string of the molecule is CC([O-])CCc1ccccc1.CC([O-])CCc1ccccc1.CC([O-])CCc1ccccc1.CC([O-])CCc1ccccc1.CC([O-])CCc1ccccc1.[V]. The van der Waals surface area contributed by atoms with Gasteiger partial charge in [0.15, 0.2) is 0 Å². The zero-order chi connectivity index (χ0) is 40.5. The molecule has 0 amide bonds. The molecule has 0 saturated heterocycles. The van der Waals surface area contributed by atoms with E-state index < -0.39 is 30.5 Å².